The third-order valence-electron chi connectivity index (χ3n) is 3.95. The first-order valence-electron chi connectivity index (χ1n) is 7.96. The van der Waals surface area contributed by atoms with Crippen LogP contribution >= 0.6 is 0 Å². The summed E-state index contributed by atoms with van der Waals surface area (Å²) < 4.78 is 16.0. The summed E-state index contributed by atoms with van der Waals surface area (Å²) in [5, 5.41) is 11.3. The van der Waals surface area contributed by atoms with Gasteiger partial charge in [0.2, 0.25) is 5.82 Å². The van der Waals surface area contributed by atoms with E-state index in [9.17, 15) is 0 Å². The van der Waals surface area contributed by atoms with Gasteiger partial charge >= 0.3 is 0 Å². The molecule has 0 aliphatic rings. The maximum Gasteiger partial charge on any atom is 0.276 e. The molecule has 7 nitrogen and oxygen atoms in total. The van der Waals surface area contributed by atoms with Crippen molar-refractivity contribution in [3.63, 3.8) is 0 Å². The summed E-state index contributed by atoms with van der Waals surface area (Å²) >= 11 is 0. The molecule has 0 atom stereocenters. The first-order valence-corrected chi connectivity index (χ1v) is 7.96. The van der Waals surface area contributed by atoms with E-state index >= 15 is 0 Å². The average Bonchev–Trinajstić information content (AvgIpc) is 3.37. The maximum absolute atomic E-state index is 5.43. The quantitative estimate of drug-likeness (QED) is 0.590. The van der Waals surface area contributed by atoms with Crippen molar-refractivity contribution in [2.24, 2.45) is 0 Å². The number of aromatic amines is 1. The minimum atomic E-state index is 0.370. The molecule has 0 bridgehead atoms. The van der Waals surface area contributed by atoms with Crippen molar-refractivity contribution >= 4 is 0 Å². The molecule has 7 heteroatoms. The van der Waals surface area contributed by atoms with E-state index in [0.29, 0.717) is 34.6 Å². The number of hydrogen-bond donors (Lipinski definition) is 1. The predicted octanol–water partition coefficient (Wildman–Crippen LogP) is 3.81. The van der Waals surface area contributed by atoms with Gasteiger partial charge in [0.25, 0.3) is 5.89 Å². The van der Waals surface area contributed by atoms with Gasteiger partial charge in [-0.2, -0.15) is 10.1 Å². The third kappa shape index (κ3) is 2.90. The Morgan fingerprint density at radius 1 is 0.962 bits per heavy atom. The molecule has 4 aromatic rings. The fourth-order valence-corrected chi connectivity index (χ4v) is 2.62. The van der Waals surface area contributed by atoms with Gasteiger partial charge in [0, 0.05) is 17.2 Å². The van der Waals surface area contributed by atoms with Crippen LogP contribution in [0.3, 0.4) is 0 Å². The number of H-pyrrole nitrogens is 1. The summed E-state index contributed by atoms with van der Waals surface area (Å²) in [5.41, 5.74) is 3.06. The van der Waals surface area contributed by atoms with Gasteiger partial charge in [-0.1, -0.05) is 35.5 Å². The van der Waals surface area contributed by atoms with Crippen molar-refractivity contribution in [3.05, 3.63) is 54.6 Å². The molecule has 0 fully saturated rings. The Hall–Kier alpha value is -3.61. The van der Waals surface area contributed by atoms with Gasteiger partial charge in [0.15, 0.2) is 0 Å². The molecule has 0 unspecified atom stereocenters. The van der Waals surface area contributed by atoms with E-state index < -0.39 is 0 Å². The fraction of sp³-hybridized carbons (Fsp3) is 0.105. The van der Waals surface area contributed by atoms with Crippen LogP contribution in [0.2, 0.25) is 0 Å². The van der Waals surface area contributed by atoms with Gasteiger partial charge in [0.1, 0.15) is 17.2 Å². The molecule has 26 heavy (non-hydrogen) atoms. The van der Waals surface area contributed by atoms with Crippen LogP contribution in [0.15, 0.2) is 59.1 Å². The first kappa shape index (κ1) is 15.9. The lowest BCUT2D eigenvalue weighted by Gasteiger charge is -2.08. The summed E-state index contributed by atoms with van der Waals surface area (Å²) in [4.78, 5) is 4.43. The first-order chi connectivity index (χ1) is 12.8. The van der Waals surface area contributed by atoms with Gasteiger partial charge in [-0.15, -0.1) is 0 Å². The lowest BCUT2D eigenvalue weighted by atomic mass is 10.1. The van der Waals surface area contributed by atoms with Crippen molar-refractivity contribution in [2.75, 3.05) is 14.2 Å². The minimum Gasteiger partial charge on any atom is -0.497 e. The Bertz CT molecular complexity index is 1020. The van der Waals surface area contributed by atoms with Crippen LogP contribution in [0.5, 0.6) is 11.5 Å². The normalized spacial score (nSPS) is 10.7. The molecule has 0 saturated heterocycles. The lowest BCUT2D eigenvalue weighted by Crippen LogP contribution is -1.90. The van der Waals surface area contributed by atoms with Crippen molar-refractivity contribution in [2.45, 2.75) is 0 Å². The number of nitrogens with zero attached hydrogens (tertiary/aromatic N) is 3. The second kappa shape index (κ2) is 6.72. The lowest BCUT2D eigenvalue weighted by molar-refractivity contribution is 0.395. The Morgan fingerprint density at radius 2 is 1.81 bits per heavy atom. The van der Waals surface area contributed by atoms with Gasteiger partial charge in [-0.05, 0) is 18.2 Å². The highest BCUT2D eigenvalue weighted by atomic mass is 16.5. The van der Waals surface area contributed by atoms with Crippen LogP contribution in [-0.4, -0.2) is 34.6 Å². The zero-order chi connectivity index (χ0) is 17.9. The Kier molecular flexibility index (Phi) is 4.10. The molecular weight excluding hydrogens is 332 g/mol. The summed E-state index contributed by atoms with van der Waals surface area (Å²) in [5.74, 6) is 2.28. The summed E-state index contributed by atoms with van der Waals surface area (Å²) in [6.45, 7) is 0. The van der Waals surface area contributed by atoms with Crippen LogP contribution in [0.1, 0.15) is 0 Å². The zero-order valence-corrected chi connectivity index (χ0v) is 14.3. The van der Waals surface area contributed by atoms with Crippen LogP contribution in [-0.2, 0) is 0 Å². The molecule has 2 aromatic heterocycles. The predicted molar refractivity (Wildman–Crippen MR) is 95.9 cm³/mol. The topological polar surface area (TPSA) is 86.1 Å². The molecule has 0 radical (unpaired) electrons. The molecule has 0 saturated carbocycles. The minimum absolute atomic E-state index is 0.370. The van der Waals surface area contributed by atoms with Crippen LogP contribution in [0.4, 0.5) is 0 Å². The molecule has 4 rings (SSSR count). The Labute approximate surface area is 149 Å². The summed E-state index contributed by atoms with van der Waals surface area (Å²) in [6.07, 6.45) is 0. The number of ether oxygens (including phenoxy) is 2. The molecule has 0 aliphatic heterocycles. The standard InChI is InChI=1S/C19H16N4O3/c1-24-13-8-9-14(17(10-13)25-2)15-11-16(22-21-15)19-20-18(23-26-19)12-6-4-3-5-7-12/h3-11H,1-2H3,(H,21,22). The number of benzene rings is 2. The number of methoxy groups -OCH3 is 2. The van der Waals surface area contributed by atoms with E-state index in [-0.39, 0.29) is 0 Å². The van der Waals surface area contributed by atoms with Gasteiger partial charge in [-0.3, -0.25) is 5.10 Å². The number of rotatable bonds is 5. The van der Waals surface area contributed by atoms with E-state index in [2.05, 4.69) is 20.3 Å². The molecule has 130 valence electrons. The van der Waals surface area contributed by atoms with Crippen molar-refractivity contribution in [1.82, 2.24) is 20.3 Å². The van der Waals surface area contributed by atoms with Crippen LogP contribution < -0.4 is 9.47 Å². The van der Waals surface area contributed by atoms with Crippen molar-refractivity contribution < 1.29 is 14.0 Å². The van der Waals surface area contributed by atoms with Crippen molar-refractivity contribution in [3.8, 4) is 45.7 Å². The molecule has 2 aromatic carbocycles. The Balaban J connectivity index is 1.66. The van der Waals surface area contributed by atoms with Crippen LogP contribution in [0.25, 0.3) is 34.2 Å². The monoisotopic (exact) mass is 348 g/mol. The zero-order valence-electron chi connectivity index (χ0n) is 14.3. The largest absolute Gasteiger partial charge is 0.497 e. The van der Waals surface area contributed by atoms with Gasteiger partial charge < -0.3 is 14.0 Å². The second-order valence-electron chi connectivity index (χ2n) is 5.52. The number of nitrogens with one attached hydrogen (secondary N) is 1. The molecule has 0 spiro atoms. The molecule has 0 aliphatic carbocycles. The van der Waals surface area contributed by atoms with E-state index in [0.717, 1.165) is 11.1 Å². The van der Waals surface area contributed by atoms with E-state index in [1.165, 1.54) is 0 Å². The SMILES string of the molecule is COc1ccc(-c2cc(-c3nc(-c4ccccc4)no3)[nH]n2)c(OC)c1. The molecule has 2 heterocycles. The Morgan fingerprint density at radius 3 is 2.58 bits per heavy atom. The number of aromatic nitrogens is 4. The van der Waals surface area contributed by atoms with Crippen LogP contribution in [0, 0.1) is 0 Å². The highest BCUT2D eigenvalue weighted by molar-refractivity contribution is 5.71. The summed E-state index contributed by atoms with van der Waals surface area (Å²) in [6, 6.07) is 17.0. The van der Waals surface area contributed by atoms with E-state index in [1.807, 2.05) is 54.6 Å². The van der Waals surface area contributed by atoms with E-state index in [1.54, 1.807) is 14.2 Å². The average molecular weight is 348 g/mol. The molecular formula is C19H16N4O3. The van der Waals surface area contributed by atoms with E-state index in [4.69, 9.17) is 14.0 Å². The van der Waals surface area contributed by atoms with Gasteiger partial charge in [-0.25, -0.2) is 0 Å². The maximum atomic E-state index is 5.43. The van der Waals surface area contributed by atoms with Crippen molar-refractivity contribution in [1.29, 1.82) is 0 Å². The summed E-state index contributed by atoms with van der Waals surface area (Å²) in [7, 11) is 3.22. The molecule has 1 N–H and O–H groups in total. The third-order valence-corrected chi connectivity index (χ3v) is 3.95. The van der Waals surface area contributed by atoms with Gasteiger partial charge in [0.05, 0.1) is 19.9 Å². The fourth-order valence-electron chi connectivity index (χ4n) is 2.62. The number of hydrogen-bond acceptors (Lipinski definition) is 6. The molecule has 0 amide bonds. The highest BCUT2D eigenvalue weighted by Crippen LogP contribution is 2.33. The smallest absolute Gasteiger partial charge is 0.276 e. The highest BCUT2D eigenvalue weighted by Gasteiger charge is 2.16. The second-order valence-corrected chi connectivity index (χ2v) is 5.52.